The highest BCUT2D eigenvalue weighted by molar-refractivity contribution is 5.94. The summed E-state index contributed by atoms with van der Waals surface area (Å²) in [6.45, 7) is 4.53. The van der Waals surface area contributed by atoms with Crippen LogP contribution >= 0.6 is 0 Å². The van der Waals surface area contributed by atoms with Gasteiger partial charge in [0.25, 0.3) is 5.91 Å². The van der Waals surface area contributed by atoms with Crippen LogP contribution in [-0.2, 0) is 4.74 Å². The first-order valence-electron chi connectivity index (χ1n) is 6.83. The van der Waals surface area contributed by atoms with Crippen LogP contribution in [0, 0.1) is 5.95 Å². The average molecular weight is 281 g/mol. The largest absolute Gasteiger partial charge is 0.383 e. The number of methoxy groups -OCH3 is 1. The summed E-state index contributed by atoms with van der Waals surface area (Å²) in [4.78, 5) is 19.8. The van der Waals surface area contributed by atoms with Gasteiger partial charge in [-0.25, -0.2) is 4.98 Å². The number of aromatic nitrogens is 1. The van der Waals surface area contributed by atoms with Gasteiger partial charge in [-0.2, -0.15) is 4.39 Å². The van der Waals surface area contributed by atoms with Crippen molar-refractivity contribution in [3.05, 3.63) is 29.8 Å². The van der Waals surface area contributed by atoms with Crippen LogP contribution < -0.4 is 0 Å². The lowest BCUT2D eigenvalue weighted by atomic mass is 10.2. The van der Waals surface area contributed by atoms with Crippen molar-refractivity contribution in [3.8, 4) is 0 Å². The van der Waals surface area contributed by atoms with Crippen LogP contribution in [0.25, 0.3) is 0 Å². The Bertz CT molecular complexity index is 456. The van der Waals surface area contributed by atoms with Gasteiger partial charge in [-0.15, -0.1) is 0 Å². The van der Waals surface area contributed by atoms with Crippen LogP contribution in [0.4, 0.5) is 4.39 Å². The van der Waals surface area contributed by atoms with Gasteiger partial charge >= 0.3 is 0 Å². The Kier molecular flexibility index (Phi) is 5.43. The standard InChI is InChI=1S/C14H20FN3O2/c1-20-11-10-17-6-3-7-18(9-8-17)14(19)12-4-2-5-16-13(12)15/h2,4-5H,3,6-11H2,1H3. The molecule has 1 saturated heterocycles. The van der Waals surface area contributed by atoms with Crippen LogP contribution in [0.1, 0.15) is 16.8 Å². The monoisotopic (exact) mass is 281 g/mol. The quantitative estimate of drug-likeness (QED) is 0.773. The van der Waals surface area contributed by atoms with Gasteiger partial charge in [0.15, 0.2) is 0 Å². The number of rotatable bonds is 4. The second kappa shape index (κ2) is 7.31. The third-order valence-electron chi connectivity index (χ3n) is 3.48. The number of carbonyl (C=O) groups is 1. The summed E-state index contributed by atoms with van der Waals surface area (Å²) in [6.07, 6.45) is 2.23. The van der Waals surface area contributed by atoms with E-state index in [-0.39, 0.29) is 11.5 Å². The summed E-state index contributed by atoms with van der Waals surface area (Å²) < 4.78 is 18.6. The van der Waals surface area contributed by atoms with Crippen molar-refractivity contribution in [1.29, 1.82) is 0 Å². The van der Waals surface area contributed by atoms with E-state index in [0.717, 1.165) is 26.1 Å². The predicted octanol–water partition coefficient (Wildman–Crippen LogP) is 1.01. The van der Waals surface area contributed by atoms with Crippen molar-refractivity contribution < 1.29 is 13.9 Å². The molecule has 0 unspecified atom stereocenters. The first-order chi connectivity index (χ1) is 9.72. The van der Waals surface area contributed by atoms with Crippen LogP contribution in [0.5, 0.6) is 0 Å². The maximum Gasteiger partial charge on any atom is 0.258 e. The minimum absolute atomic E-state index is 0.0536. The summed E-state index contributed by atoms with van der Waals surface area (Å²) in [6, 6.07) is 3.07. The molecular formula is C14H20FN3O2. The molecule has 1 fully saturated rings. The maximum atomic E-state index is 13.6. The SMILES string of the molecule is COCCN1CCCN(C(=O)c2cccnc2F)CC1. The fraction of sp³-hybridized carbons (Fsp3) is 0.571. The van der Waals surface area contributed by atoms with Gasteiger partial charge in [0.05, 0.1) is 12.2 Å². The zero-order chi connectivity index (χ0) is 14.4. The Morgan fingerprint density at radius 2 is 2.25 bits per heavy atom. The smallest absolute Gasteiger partial charge is 0.258 e. The number of ether oxygens (including phenoxy) is 1. The molecule has 0 spiro atoms. The molecule has 110 valence electrons. The number of halogens is 1. The summed E-state index contributed by atoms with van der Waals surface area (Å²) in [5, 5.41) is 0. The highest BCUT2D eigenvalue weighted by atomic mass is 19.1. The van der Waals surface area contributed by atoms with Crippen LogP contribution in [0.2, 0.25) is 0 Å². The van der Waals surface area contributed by atoms with E-state index in [1.165, 1.54) is 12.3 Å². The molecule has 0 aliphatic carbocycles. The van der Waals surface area contributed by atoms with E-state index in [9.17, 15) is 9.18 Å². The molecule has 1 aromatic rings. The van der Waals surface area contributed by atoms with Crippen molar-refractivity contribution in [2.45, 2.75) is 6.42 Å². The molecule has 0 saturated carbocycles. The van der Waals surface area contributed by atoms with E-state index in [0.29, 0.717) is 19.7 Å². The predicted molar refractivity (Wildman–Crippen MR) is 73.0 cm³/mol. The molecule has 1 aliphatic heterocycles. The molecule has 1 aliphatic rings. The summed E-state index contributed by atoms with van der Waals surface area (Å²) in [7, 11) is 1.68. The summed E-state index contributed by atoms with van der Waals surface area (Å²) in [5.74, 6) is -0.970. The van der Waals surface area contributed by atoms with E-state index in [1.54, 1.807) is 18.1 Å². The van der Waals surface area contributed by atoms with E-state index >= 15 is 0 Å². The molecule has 0 aromatic carbocycles. The first-order valence-corrected chi connectivity index (χ1v) is 6.83. The zero-order valence-electron chi connectivity index (χ0n) is 11.7. The lowest BCUT2D eigenvalue weighted by molar-refractivity contribution is 0.0753. The first kappa shape index (κ1) is 14.9. The Balaban J connectivity index is 1.96. The van der Waals surface area contributed by atoms with E-state index in [2.05, 4.69) is 9.88 Å². The van der Waals surface area contributed by atoms with Crippen molar-refractivity contribution in [2.75, 3.05) is 46.4 Å². The Morgan fingerprint density at radius 3 is 3.00 bits per heavy atom. The van der Waals surface area contributed by atoms with Gasteiger partial charge in [-0.05, 0) is 25.1 Å². The molecule has 0 radical (unpaired) electrons. The molecule has 0 bridgehead atoms. The van der Waals surface area contributed by atoms with E-state index < -0.39 is 5.95 Å². The fourth-order valence-electron chi connectivity index (χ4n) is 2.33. The Labute approximate surface area is 118 Å². The lowest BCUT2D eigenvalue weighted by Crippen LogP contribution is -2.36. The molecule has 1 aromatic heterocycles. The number of amides is 1. The van der Waals surface area contributed by atoms with E-state index in [4.69, 9.17) is 4.74 Å². The zero-order valence-corrected chi connectivity index (χ0v) is 11.7. The second-order valence-corrected chi connectivity index (χ2v) is 4.82. The van der Waals surface area contributed by atoms with Gasteiger partial charge in [-0.1, -0.05) is 0 Å². The highest BCUT2D eigenvalue weighted by Gasteiger charge is 2.22. The minimum Gasteiger partial charge on any atom is -0.383 e. The van der Waals surface area contributed by atoms with Crippen LogP contribution in [0.15, 0.2) is 18.3 Å². The molecule has 2 heterocycles. The number of hydrogen-bond donors (Lipinski definition) is 0. The molecule has 0 N–H and O–H groups in total. The van der Waals surface area contributed by atoms with Gasteiger partial charge in [0, 0.05) is 39.5 Å². The van der Waals surface area contributed by atoms with Crippen molar-refractivity contribution in [1.82, 2.24) is 14.8 Å². The van der Waals surface area contributed by atoms with Crippen molar-refractivity contribution >= 4 is 5.91 Å². The van der Waals surface area contributed by atoms with Crippen molar-refractivity contribution in [3.63, 3.8) is 0 Å². The third kappa shape index (κ3) is 3.74. The van der Waals surface area contributed by atoms with Gasteiger partial charge < -0.3 is 9.64 Å². The Hall–Kier alpha value is -1.53. The lowest BCUT2D eigenvalue weighted by Gasteiger charge is -2.21. The van der Waals surface area contributed by atoms with Crippen molar-refractivity contribution in [2.24, 2.45) is 0 Å². The second-order valence-electron chi connectivity index (χ2n) is 4.82. The van der Waals surface area contributed by atoms with Crippen LogP contribution in [-0.4, -0.2) is 67.1 Å². The summed E-state index contributed by atoms with van der Waals surface area (Å²) >= 11 is 0. The number of carbonyl (C=O) groups excluding carboxylic acids is 1. The molecule has 1 amide bonds. The number of nitrogens with zero attached hydrogens (tertiary/aromatic N) is 3. The average Bonchev–Trinajstić information content (AvgIpc) is 2.70. The number of hydrogen-bond acceptors (Lipinski definition) is 4. The minimum atomic E-state index is -0.696. The Morgan fingerprint density at radius 1 is 1.40 bits per heavy atom. The molecule has 5 nitrogen and oxygen atoms in total. The topological polar surface area (TPSA) is 45.7 Å². The van der Waals surface area contributed by atoms with Gasteiger partial charge in [0.1, 0.15) is 0 Å². The molecule has 6 heteroatoms. The van der Waals surface area contributed by atoms with Crippen LogP contribution in [0.3, 0.4) is 0 Å². The van der Waals surface area contributed by atoms with Gasteiger partial charge in [-0.3, -0.25) is 9.69 Å². The highest BCUT2D eigenvalue weighted by Crippen LogP contribution is 2.11. The molecule has 2 rings (SSSR count). The normalized spacial score (nSPS) is 17.0. The fourth-order valence-corrected chi connectivity index (χ4v) is 2.33. The van der Waals surface area contributed by atoms with Gasteiger partial charge in [0.2, 0.25) is 5.95 Å². The third-order valence-corrected chi connectivity index (χ3v) is 3.48. The maximum absolute atomic E-state index is 13.6. The van der Waals surface area contributed by atoms with E-state index in [1.807, 2.05) is 0 Å². The molecule has 0 atom stereocenters. The molecular weight excluding hydrogens is 261 g/mol. The number of pyridine rings is 1. The summed E-state index contributed by atoms with van der Waals surface area (Å²) in [5.41, 5.74) is 0.0536. The molecule has 20 heavy (non-hydrogen) atoms.